The van der Waals surface area contributed by atoms with Crippen molar-refractivity contribution in [2.24, 2.45) is 4.99 Å². The van der Waals surface area contributed by atoms with Crippen LogP contribution in [0.5, 0.6) is 5.75 Å². The van der Waals surface area contributed by atoms with Crippen LogP contribution in [0.3, 0.4) is 0 Å². The molecule has 0 radical (unpaired) electrons. The first-order valence-corrected chi connectivity index (χ1v) is 10.1. The van der Waals surface area contributed by atoms with Crippen LogP contribution < -0.4 is 20.5 Å². The summed E-state index contributed by atoms with van der Waals surface area (Å²) < 4.78 is 5.84. The number of ether oxygens (including phenoxy) is 1. The lowest BCUT2D eigenvalue weighted by atomic mass is 10.2. The molecule has 31 heavy (non-hydrogen) atoms. The van der Waals surface area contributed by atoms with Gasteiger partial charge in [-0.3, -0.25) is 20.0 Å². The lowest BCUT2D eigenvalue weighted by Gasteiger charge is -2.30. The molecule has 1 aromatic heterocycles. The summed E-state index contributed by atoms with van der Waals surface area (Å²) in [6, 6.07) is 18.1. The molecule has 2 heterocycles. The van der Waals surface area contributed by atoms with Crippen LogP contribution in [0.1, 0.15) is 13.3 Å². The van der Waals surface area contributed by atoms with Crippen molar-refractivity contribution in [3.63, 3.8) is 0 Å². The van der Waals surface area contributed by atoms with Crippen molar-refractivity contribution in [3.05, 3.63) is 66.9 Å². The van der Waals surface area contributed by atoms with Crippen molar-refractivity contribution in [3.8, 4) is 5.75 Å². The molecule has 2 amide bonds. The molecule has 0 saturated carbocycles. The number of hydrogen-bond acceptors (Lipinski definition) is 6. The van der Waals surface area contributed by atoms with Gasteiger partial charge in [-0.05, 0) is 37.6 Å². The van der Waals surface area contributed by atoms with Crippen molar-refractivity contribution >= 4 is 34.2 Å². The highest BCUT2D eigenvalue weighted by Crippen LogP contribution is 2.22. The van der Waals surface area contributed by atoms with Gasteiger partial charge in [-0.15, -0.1) is 0 Å². The minimum Gasteiger partial charge on any atom is -0.491 e. The maximum Gasteiger partial charge on any atom is 0.288 e. The van der Waals surface area contributed by atoms with E-state index in [1.54, 1.807) is 25.3 Å². The Morgan fingerprint density at radius 1 is 1.13 bits per heavy atom. The van der Waals surface area contributed by atoms with Gasteiger partial charge >= 0.3 is 0 Å². The predicted octanol–water partition coefficient (Wildman–Crippen LogP) is 2.46. The van der Waals surface area contributed by atoms with Crippen LogP contribution in [0.2, 0.25) is 0 Å². The highest BCUT2D eigenvalue weighted by Gasteiger charge is 2.30. The summed E-state index contributed by atoms with van der Waals surface area (Å²) in [5.74, 6) is 0.232. The Hall–Kier alpha value is -3.94. The number of fused-ring (bicyclic) bond motifs is 1. The van der Waals surface area contributed by atoms with Crippen LogP contribution in [0.25, 0.3) is 10.9 Å². The molecule has 158 valence electrons. The van der Waals surface area contributed by atoms with Gasteiger partial charge in [-0.1, -0.05) is 36.4 Å². The van der Waals surface area contributed by atoms with Gasteiger partial charge in [-0.2, -0.15) is 0 Å². The second kappa shape index (κ2) is 9.25. The van der Waals surface area contributed by atoms with Gasteiger partial charge < -0.3 is 10.1 Å². The molecule has 0 aliphatic carbocycles. The first-order valence-electron chi connectivity index (χ1n) is 10.1. The Morgan fingerprint density at radius 3 is 2.77 bits per heavy atom. The number of aromatic nitrogens is 1. The molecular formula is C23H23N5O3. The molecule has 4 rings (SSSR count). The highest BCUT2D eigenvalue weighted by molar-refractivity contribution is 6.39. The van der Waals surface area contributed by atoms with E-state index < -0.39 is 6.04 Å². The number of anilines is 1. The van der Waals surface area contributed by atoms with Gasteiger partial charge in [0.2, 0.25) is 5.84 Å². The Labute approximate surface area is 179 Å². The molecule has 2 N–H and O–H groups in total. The summed E-state index contributed by atoms with van der Waals surface area (Å²) in [5.41, 5.74) is 4.28. The zero-order chi connectivity index (χ0) is 21.6. The molecule has 0 spiro atoms. The van der Waals surface area contributed by atoms with E-state index in [1.165, 1.54) is 5.01 Å². The summed E-state index contributed by atoms with van der Waals surface area (Å²) in [4.78, 5) is 33.5. The zero-order valence-electron chi connectivity index (χ0n) is 17.1. The summed E-state index contributed by atoms with van der Waals surface area (Å²) >= 11 is 0. The quantitative estimate of drug-likeness (QED) is 0.576. The third kappa shape index (κ3) is 4.63. The minimum atomic E-state index is -0.649. The van der Waals surface area contributed by atoms with Crippen LogP contribution in [0, 0.1) is 0 Å². The standard InChI is InChI=1S/C23H23N5O3/c1-16-23(30)28(18-10-3-2-4-11-18)27-21(26-16)22(29)25-14-7-15-31-19-12-5-8-17-9-6-13-24-20(17)19/h2-6,8-13,16H,7,14-15H2,1H3,(H,25,29)(H,26,27). The first kappa shape index (κ1) is 20.3. The number of amidine groups is 1. The number of hydrogen-bond donors (Lipinski definition) is 2. The lowest BCUT2D eigenvalue weighted by Crippen LogP contribution is -2.58. The van der Waals surface area contributed by atoms with E-state index in [0.29, 0.717) is 31.0 Å². The lowest BCUT2D eigenvalue weighted by molar-refractivity contribution is -0.120. The summed E-state index contributed by atoms with van der Waals surface area (Å²) in [5, 5.41) is 5.18. The average Bonchev–Trinajstić information content (AvgIpc) is 2.81. The van der Waals surface area contributed by atoms with Crippen LogP contribution in [0.15, 0.2) is 71.9 Å². The fourth-order valence-corrected chi connectivity index (χ4v) is 3.24. The number of amides is 2. The molecule has 8 heteroatoms. The number of benzene rings is 2. The predicted molar refractivity (Wildman–Crippen MR) is 119 cm³/mol. The van der Waals surface area contributed by atoms with E-state index in [-0.39, 0.29) is 17.6 Å². The highest BCUT2D eigenvalue weighted by atomic mass is 16.5. The molecule has 8 nitrogen and oxygen atoms in total. The van der Waals surface area contributed by atoms with Gasteiger partial charge in [0, 0.05) is 18.1 Å². The summed E-state index contributed by atoms with van der Waals surface area (Å²) in [6.07, 6.45) is 2.34. The van der Waals surface area contributed by atoms with Crippen LogP contribution in [0.4, 0.5) is 5.69 Å². The number of pyridine rings is 1. The van der Waals surface area contributed by atoms with E-state index >= 15 is 0 Å². The van der Waals surface area contributed by atoms with Crippen LogP contribution in [-0.4, -0.2) is 41.8 Å². The molecule has 1 atom stereocenters. The largest absolute Gasteiger partial charge is 0.491 e. The number of aliphatic imine (C=N–C) groups is 1. The number of nitrogens with one attached hydrogen (secondary N) is 2. The van der Waals surface area contributed by atoms with Crippen molar-refractivity contribution in [1.82, 2.24) is 15.7 Å². The summed E-state index contributed by atoms with van der Waals surface area (Å²) in [6.45, 7) is 2.50. The number of carbonyl (C=O) groups is 2. The molecule has 0 bridgehead atoms. The molecule has 1 aliphatic heterocycles. The van der Waals surface area contributed by atoms with Crippen molar-refractivity contribution in [2.75, 3.05) is 18.2 Å². The Balaban J connectivity index is 1.29. The number of hydrazine groups is 1. The molecule has 1 aliphatic rings. The first-order chi connectivity index (χ1) is 15.1. The topological polar surface area (TPSA) is 95.9 Å². The van der Waals surface area contributed by atoms with Gasteiger partial charge in [-0.25, -0.2) is 10.0 Å². The maximum absolute atomic E-state index is 12.5. The number of carbonyl (C=O) groups excluding carboxylic acids is 2. The van der Waals surface area contributed by atoms with Gasteiger partial charge in [0.1, 0.15) is 17.3 Å². The molecule has 3 aromatic rings. The monoisotopic (exact) mass is 417 g/mol. The number of rotatable bonds is 7. The van der Waals surface area contributed by atoms with E-state index in [0.717, 1.165) is 10.9 Å². The Bertz CT molecular complexity index is 1110. The third-order valence-electron chi connectivity index (χ3n) is 4.81. The fourth-order valence-electron chi connectivity index (χ4n) is 3.24. The normalized spacial score (nSPS) is 15.9. The minimum absolute atomic E-state index is 0.107. The molecule has 2 aromatic carbocycles. The molecule has 0 fully saturated rings. The fraction of sp³-hybridized carbons (Fsp3) is 0.217. The van der Waals surface area contributed by atoms with E-state index in [9.17, 15) is 9.59 Å². The van der Waals surface area contributed by atoms with Crippen molar-refractivity contribution < 1.29 is 14.3 Å². The second-order valence-corrected chi connectivity index (χ2v) is 7.06. The number of nitrogens with zero attached hydrogens (tertiary/aromatic N) is 3. The smallest absolute Gasteiger partial charge is 0.288 e. The molecule has 1 unspecified atom stereocenters. The van der Waals surface area contributed by atoms with E-state index in [1.807, 2.05) is 48.5 Å². The van der Waals surface area contributed by atoms with Gasteiger partial charge in [0.05, 0.1) is 12.3 Å². The molecular weight excluding hydrogens is 394 g/mol. The second-order valence-electron chi connectivity index (χ2n) is 7.06. The maximum atomic E-state index is 12.5. The summed E-state index contributed by atoms with van der Waals surface area (Å²) in [7, 11) is 0. The van der Waals surface area contributed by atoms with Gasteiger partial charge in [0.25, 0.3) is 11.8 Å². The Kier molecular flexibility index (Phi) is 6.07. The van der Waals surface area contributed by atoms with E-state index in [4.69, 9.17) is 4.74 Å². The van der Waals surface area contributed by atoms with Crippen LogP contribution >= 0.6 is 0 Å². The Morgan fingerprint density at radius 2 is 1.94 bits per heavy atom. The average molecular weight is 417 g/mol. The van der Waals surface area contributed by atoms with E-state index in [2.05, 4.69) is 20.7 Å². The number of para-hydroxylation sites is 2. The molecule has 0 saturated heterocycles. The SMILES string of the molecule is CC1N=C(C(=O)NCCCOc2cccc3cccnc23)NN(c2ccccc2)C1=O. The van der Waals surface area contributed by atoms with Crippen molar-refractivity contribution in [2.45, 2.75) is 19.4 Å². The van der Waals surface area contributed by atoms with Crippen LogP contribution in [-0.2, 0) is 9.59 Å². The van der Waals surface area contributed by atoms with Crippen molar-refractivity contribution in [1.29, 1.82) is 0 Å². The third-order valence-corrected chi connectivity index (χ3v) is 4.81. The van der Waals surface area contributed by atoms with Gasteiger partial charge in [0.15, 0.2) is 0 Å². The zero-order valence-corrected chi connectivity index (χ0v) is 17.1.